The number of nitrogens with zero attached hydrogens (tertiary/aromatic N) is 1. The van der Waals surface area contributed by atoms with Gasteiger partial charge in [0, 0.05) is 24.1 Å². The topological polar surface area (TPSA) is 186 Å². The lowest BCUT2D eigenvalue weighted by atomic mass is 10.1. The monoisotopic (exact) mass is 442 g/mol. The van der Waals surface area contributed by atoms with Crippen molar-refractivity contribution < 1.29 is 29.4 Å². The average Bonchev–Trinajstić information content (AvgIpc) is 3.43. The molecule has 3 amide bonds. The molecule has 0 aliphatic carbocycles. The van der Waals surface area contributed by atoms with Gasteiger partial charge in [-0.15, -0.1) is 0 Å². The zero-order valence-corrected chi connectivity index (χ0v) is 17.0. The third-order valence-corrected chi connectivity index (χ3v) is 4.97. The summed E-state index contributed by atoms with van der Waals surface area (Å²) in [5.41, 5.74) is 0.521. The Balaban J connectivity index is 2.06. The summed E-state index contributed by atoms with van der Waals surface area (Å²) in [7, 11) is 0. The fourth-order valence-corrected chi connectivity index (χ4v) is 3.18. The Morgan fingerprint density at radius 2 is 1.87 bits per heavy atom. The van der Waals surface area contributed by atoms with Crippen molar-refractivity contribution in [3.63, 3.8) is 0 Å². The van der Waals surface area contributed by atoms with E-state index in [1.165, 1.54) is 12.5 Å². The van der Waals surface area contributed by atoms with Gasteiger partial charge in [0.2, 0.25) is 17.7 Å². The molecule has 1 aliphatic rings. The van der Waals surface area contributed by atoms with Crippen molar-refractivity contribution >= 4 is 36.3 Å². The molecule has 1 fully saturated rings. The molecule has 30 heavy (non-hydrogen) atoms. The number of aromatic nitrogens is 2. The Hall–Kier alpha value is -2.64. The highest BCUT2D eigenvalue weighted by atomic mass is 32.1. The maximum absolute atomic E-state index is 12.6. The molecule has 2 heterocycles. The predicted molar refractivity (Wildman–Crippen MR) is 108 cm³/mol. The van der Waals surface area contributed by atoms with Crippen LogP contribution in [0.3, 0.4) is 0 Å². The lowest BCUT2D eigenvalue weighted by molar-refractivity contribution is -0.141. The molecular weight excluding hydrogens is 416 g/mol. The zero-order chi connectivity index (χ0) is 22.1. The van der Waals surface area contributed by atoms with Gasteiger partial charge in [-0.2, -0.15) is 12.6 Å². The minimum Gasteiger partial charge on any atom is -0.480 e. The van der Waals surface area contributed by atoms with Crippen LogP contribution < -0.4 is 21.3 Å². The molecule has 0 spiro atoms. The molecule has 13 heteroatoms. The molecule has 0 saturated carbocycles. The van der Waals surface area contributed by atoms with E-state index in [1.54, 1.807) is 0 Å². The number of hydrogen-bond donors (Lipinski definition) is 8. The Morgan fingerprint density at radius 3 is 2.40 bits per heavy atom. The first kappa shape index (κ1) is 23.6. The van der Waals surface area contributed by atoms with Crippen molar-refractivity contribution in [1.29, 1.82) is 0 Å². The van der Waals surface area contributed by atoms with Crippen LogP contribution in [-0.2, 0) is 25.6 Å². The second-order valence-electron chi connectivity index (χ2n) is 6.82. The molecule has 1 aromatic heterocycles. The van der Waals surface area contributed by atoms with Crippen LogP contribution in [0, 0.1) is 0 Å². The van der Waals surface area contributed by atoms with E-state index in [4.69, 9.17) is 5.11 Å². The van der Waals surface area contributed by atoms with Crippen molar-refractivity contribution in [2.24, 2.45) is 0 Å². The molecule has 1 aliphatic heterocycles. The van der Waals surface area contributed by atoms with Crippen LogP contribution in [0.5, 0.6) is 0 Å². The number of hydrogen-bond acceptors (Lipinski definition) is 8. The number of aromatic amines is 1. The number of aliphatic hydroxyl groups is 1. The molecule has 0 bridgehead atoms. The minimum absolute atomic E-state index is 0.00718. The first-order valence-corrected chi connectivity index (χ1v) is 10.0. The van der Waals surface area contributed by atoms with Crippen LogP contribution in [0.25, 0.3) is 0 Å². The van der Waals surface area contributed by atoms with Crippen LogP contribution in [0.4, 0.5) is 0 Å². The van der Waals surface area contributed by atoms with Gasteiger partial charge in [-0.3, -0.25) is 14.4 Å². The molecule has 1 saturated heterocycles. The number of H-pyrrole nitrogens is 1. The van der Waals surface area contributed by atoms with Crippen LogP contribution in [0.1, 0.15) is 18.5 Å². The predicted octanol–water partition coefficient (Wildman–Crippen LogP) is -2.83. The average molecular weight is 442 g/mol. The minimum atomic E-state index is -1.27. The lowest BCUT2D eigenvalue weighted by Gasteiger charge is -2.24. The number of carbonyl (C=O) groups is 4. The second-order valence-corrected chi connectivity index (χ2v) is 7.18. The zero-order valence-electron chi connectivity index (χ0n) is 16.1. The van der Waals surface area contributed by atoms with E-state index in [-0.39, 0.29) is 12.2 Å². The normalized spacial score (nSPS) is 18.8. The maximum Gasteiger partial charge on any atom is 0.327 e. The van der Waals surface area contributed by atoms with E-state index in [0.29, 0.717) is 18.7 Å². The second kappa shape index (κ2) is 11.5. The Labute approximate surface area is 178 Å². The summed E-state index contributed by atoms with van der Waals surface area (Å²) in [5, 5.41) is 28.9. The maximum atomic E-state index is 12.6. The summed E-state index contributed by atoms with van der Waals surface area (Å²) >= 11 is 3.90. The van der Waals surface area contributed by atoms with Crippen molar-refractivity contribution in [3.8, 4) is 0 Å². The van der Waals surface area contributed by atoms with E-state index in [9.17, 15) is 24.3 Å². The highest BCUT2D eigenvalue weighted by Gasteiger charge is 2.31. The highest BCUT2D eigenvalue weighted by Crippen LogP contribution is 2.06. The smallest absolute Gasteiger partial charge is 0.327 e. The number of carbonyl (C=O) groups excluding carboxylic acids is 3. The van der Waals surface area contributed by atoms with E-state index < -0.39 is 54.5 Å². The van der Waals surface area contributed by atoms with Crippen LogP contribution in [0.2, 0.25) is 0 Å². The van der Waals surface area contributed by atoms with Crippen LogP contribution in [0.15, 0.2) is 12.5 Å². The lowest BCUT2D eigenvalue weighted by Crippen LogP contribution is -2.58. The van der Waals surface area contributed by atoms with E-state index >= 15 is 0 Å². The number of nitrogens with one attached hydrogen (secondary N) is 5. The standard InChI is InChI=1S/C17H26N6O6S/c24-6-12(22-14(25)10-2-1-3-19-10)16(27)21-11(4-9-5-18-8-20-9)15(26)23-13(7-30)17(28)29/h5,8,10-13,19,24,30H,1-4,6-7H2,(H,18,20)(H,21,27)(H,22,25)(H,23,26)(H,28,29). The number of carboxylic acid groups (broad SMARTS) is 1. The number of rotatable bonds is 11. The number of thiol groups is 1. The van der Waals surface area contributed by atoms with Crippen LogP contribution in [-0.4, -0.2) is 86.9 Å². The number of aliphatic carboxylic acids is 1. The Kier molecular flexibility index (Phi) is 9.08. The fourth-order valence-electron chi connectivity index (χ4n) is 2.93. The molecule has 4 atom stereocenters. The van der Waals surface area contributed by atoms with Crippen molar-refractivity contribution in [3.05, 3.63) is 18.2 Å². The van der Waals surface area contributed by atoms with E-state index in [1.807, 2.05) is 0 Å². The summed E-state index contributed by atoms with van der Waals surface area (Å²) in [6.45, 7) is 0.0213. The van der Waals surface area contributed by atoms with E-state index in [0.717, 1.165) is 6.42 Å². The summed E-state index contributed by atoms with van der Waals surface area (Å²) in [6.07, 6.45) is 4.29. The number of imidazole rings is 1. The van der Waals surface area contributed by atoms with Gasteiger partial charge in [-0.05, 0) is 19.4 Å². The Morgan fingerprint density at radius 1 is 1.17 bits per heavy atom. The number of aliphatic hydroxyl groups excluding tert-OH is 1. The van der Waals surface area contributed by atoms with Crippen LogP contribution >= 0.6 is 12.6 Å². The van der Waals surface area contributed by atoms with Gasteiger partial charge in [0.05, 0.1) is 19.0 Å². The van der Waals surface area contributed by atoms with Gasteiger partial charge in [0.1, 0.15) is 18.1 Å². The number of carboxylic acids is 1. The summed E-state index contributed by atoms with van der Waals surface area (Å²) < 4.78 is 0. The van der Waals surface area contributed by atoms with Gasteiger partial charge in [0.25, 0.3) is 0 Å². The van der Waals surface area contributed by atoms with Crippen molar-refractivity contribution in [2.75, 3.05) is 18.9 Å². The molecule has 1 aromatic rings. The van der Waals surface area contributed by atoms with Gasteiger partial charge >= 0.3 is 5.97 Å². The third-order valence-electron chi connectivity index (χ3n) is 4.60. The van der Waals surface area contributed by atoms with Gasteiger partial charge in [-0.1, -0.05) is 0 Å². The largest absolute Gasteiger partial charge is 0.480 e. The molecule has 12 nitrogen and oxygen atoms in total. The fraction of sp³-hybridized carbons (Fsp3) is 0.588. The summed E-state index contributed by atoms with van der Waals surface area (Å²) in [5.74, 6) is -3.36. The van der Waals surface area contributed by atoms with Gasteiger partial charge in [0.15, 0.2) is 0 Å². The molecule has 0 radical (unpaired) electrons. The quantitative estimate of drug-likeness (QED) is 0.168. The van der Waals surface area contributed by atoms with Gasteiger partial charge in [-0.25, -0.2) is 9.78 Å². The molecule has 2 rings (SSSR count). The summed E-state index contributed by atoms with van der Waals surface area (Å²) in [4.78, 5) is 55.3. The van der Waals surface area contributed by atoms with E-state index in [2.05, 4.69) is 43.9 Å². The molecule has 166 valence electrons. The Bertz CT molecular complexity index is 739. The first-order chi connectivity index (χ1) is 14.3. The number of amides is 3. The highest BCUT2D eigenvalue weighted by molar-refractivity contribution is 7.80. The third kappa shape index (κ3) is 6.71. The first-order valence-electron chi connectivity index (χ1n) is 9.42. The molecule has 4 unspecified atom stereocenters. The van der Waals surface area contributed by atoms with Gasteiger partial charge < -0.3 is 36.5 Å². The van der Waals surface area contributed by atoms with Crippen molar-refractivity contribution in [1.82, 2.24) is 31.2 Å². The molecule has 0 aromatic carbocycles. The molecular formula is C17H26N6O6S. The summed E-state index contributed by atoms with van der Waals surface area (Å²) in [6, 6.07) is -4.13. The van der Waals surface area contributed by atoms with Crippen molar-refractivity contribution in [2.45, 2.75) is 43.4 Å². The SMILES string of the molecule is O=C(O)C(CS)NC(=O)C(Cc1cnc[nH]1)NC(=O)C(CO)NC(=O)C1CCCN1. The molecule has 7 N–H and O–H groups in total.